The molecule has 1 aliphatic rings. The first kappa shape index (κ1) is 23.5. The van der Waals surface area contributed by atoms with E-state index in [0.717, 1.165) is 12.8 Å². The summed E-state index contributed by atoms with van der Waals surface area (Å²) in [6, 6.07) is 4.64. The van der Waals surface area contributed by atoms with Crippen molar-refractivity contribution in [2.45, 2.75) is 84.5 Å². The topological polar surface area (TPSA) is 109 Å². The van der Waals surface area contributed by atoms with E-state index in [9.17, 15) is 14.4 Å². The summed E-state index contributed by atoms with van der Waals surface area (Å²) in [6.45, 7) is 12.6. The summed E-state index contributed by atoms with van der Waals surface area (Å²) in [5.41, 5.74) is 0.489. The third-order valence-electron chi connectivity index (χ3n) is 4.11. The molecular formula is C22H34N4O4. The van der Waals surface area contributed by atoms with E-state index in [0.29, 0.717) is 16.9 Å². The number of hydrogen-bond donors (Lipinski definition) is 4. The lowest BCUT2D eigenvalue weighted by atomic mass is 10.1. The molecule has 1 aromatic carbocycles. The van der Waals surface area contributed by atoms with Gasteiger partial charge in [-0.15, -0.1) is 0 Å². The van der Waals surface area contributed by atoms with Gasteiger partial charge < -0.3 is 26.0 Å². The zero-order valence-corrected chi connectivity index (χ0v) is 18.9. The highest BCUT2D eigenvalue weighted by molar-refractivity contribution is 6.06. The van der Waals surface area contributed by atoms with Crippen LogP contribution in [-0.2, 0) is 9.53 Å². The van der Waals surface area contributed by atoms with Gasteiger partial charge in [-0.2, -0.15) is 0 Å². The molecule has 0 radical (unpaired) electrons. The van der Waals surface area contributed by atoms with Crippen LogP contribution in [0.25, 0.3) is 0 Å². The Morgan fingerprint density at radius 2 is 1.70 bits per heavy atom. The zero-order valence-electron chi connectivity index (χ0n) is 18.9. The number of nitrogens with one attached hydrogen (secondary N) is 4. The molecule has 0 heterocycles. The zero-order chi connectivity index (χ0) is 22.7. The monoisotopic (exact) mass is 418 g/mol. The molecule has 0 aliphatic heterocycles. The van der Waals surface area contributed by atoms with Gasteiger partial charge in [0.25, 0.3) is 5.91 Å². The average molecular weight is 419 g/mol. The van der Waals surface area contributed by atoms with E-state index in [1.165, 1.54) is 0 Å². The Balaban J connectivity index is 2.17. The number of benzene rings is 1. The number of alkyl carbamates (subject to hydrolysis) is 1. The van der Waals surface area contributed by atoms with Gasteiger partial charge in [-0.05, 0) is 73.4 Å². The summed E-state index contributed by atoms with van der Waals surface area (Å²) >= 11 is 0. The number of amides is 3. The Morgan fingerprint density at radius 3 is 2.23 bits per heavy atom. The number of carbonyl (C=O) groups excluding carboxylic acids is 3. The summed E-state index contributed by atoms with van der Waals surface area (Å²) in [4.78, 5) is 37.4. The summed E-state index contributed by atoms with van der Waals surface area (Å²) in [7, 11) is 0. The number of ether oxygens (including phenoxy) is 1. The molecule has 1 atom stereocenters. The fourth-order valence-electron chi connectivity index (χ4n) is 2.63. The molecule has 0 bridgehead atoms. The van der Waals surface area contributed by atoms with E-state index in [2.05, 4.69) is 21.3 Å². The molecule has 166 valence electrons. The smallest absolute Gasteiger partial charge is 0.408 e. The first-order valence-corrected chi connectivity index (χ1v) is 10.3. The molecule has 4 N–H and O–H groups in total. The van der Waals surface area contributed by atoms with Gasteiger partial charge in [0.05, 0.1) is 16.9 Å². The third kappa shape index (κ3) is 7.57. The third-order valence-corrected chi connectivity index (χ3v) is 4.11. The minimum absolute atomic E-state index is 0.221. The lowest BCUT2D eigenvalue weighted by molar-refractivity contribution is -0.117. The number of para-hydroxylation sites is 1. The first-order valence-electron chi connectivity index (χ1n) is 10.3. The molecule has 1 saturated carbocycles. The summed E-state index contributed by atoms with van der Waals surface area (Å²) in [5.74, 6) is -0.630. The lowest BCUT2D eigenvalue weighted by Crippen LogP contribution is -2.44. The van der Waals surface area contributed by atoms with Gasteiger partial charge in [-0.25, -0.2) is 4.79 Å². The number of rotatable bonds is 6. The van der Waals surface area contributed by atoms with Crippen LogP contribution in [0.5, 0.6) is 0 Å². The molecular weight excluding hydrogens is 384 g/mol. The van der Waals surface area contributed by atoms with Gasteiger partial charge in [0.1, 0.15) is 11.6 Å². The largest absolute Gasteiger partial charge is 0.444 e. The average Bonchev–Trinajstić information content (AvgIpc) is 3.36. The van der Waals surface area contributed by atoms with Gasteiger partial charge in [-0.1, -0.05) is 6.07 Å². The van der Waals surface area contributed by atoms with Gasteiger partial charge in [-0.3, -0.25) is 9.59 Å². The number of hydrogen-bond acceptors (Lipinski definition) is 5. The molecule has 0 saturated heterocycles. The second-order valence-electron chi connectivity index (χ2n) is 9.71. The van der Waals surface area contributed by atoms with E-state index in [1.807, 2.05) is 20.8 Å². The minimum Gasteiger partial charge on any atom is -0.444 e. The molecule has 0 aromatic heterocycles. The predicted octanol–water partition coefficient (Wildman–Crippen LogP) is 3.64. The highest BCUT2D eigenvalue weighted by Gasteiger charge is 2.27. The SMILES string of the molecule is CC(NC(=O)OC(C)(C)C)C(=O)Nc1cccc(C(=O)NC(C)(C)C)c1NC1CC1. The Labute approximate surface area is 178 Å². The maximum Gasteiger partial charge on any atom is 0.408 e. The van der Waals surface area contributed by atoms with E-state index < -0.39 is 23.6 Å². The van der Waals surface area contributed by atoms with Gasteiger partial charge >= 0.3 is 6.09 Å². The van der Waals surface area contributed by atoms with Crippen LogP contribution < -0.4 is 21.3 Å². The quantitative estimate of drug-likeness (QED) is 0.564. The number of anilines is 2. The predicted molar refractivity (Wildman–Crippen MR) is 118 cm³/mol. The van der Waals surface area contributed by atoms with E-state index >= 15 is 0 Å². The van der Waals surface area contributed by atoms with Crippen molar-refractivity contribution in [1.82, 2.24) is 10.6 Å². The van der Waals surface area contributed by atoms with Gasteiger partial charge in [0.15, 0.2) is 0 Å². The van der Waals surface area contributed by atoms with Crippen LogP contribution in [0.3, 0.4) is 0 Å². The molecule has 1 aliphatic carbocycles. The molecule has 2 rings (SSSR count). The standard InChI is InChI=1S/C22H34N4O4/c1-13(23-20(29)30-22(5,6)7)18(27)25-16-10-8-9-15(17(16)24-14-11-12-14)19(28)26-21(2,3)4/h8-10,13-14,24H,11-12H2,1-7H3,(H,23,29)(H,25,27)(H,26,28). The molecule has 0 spiro atoms. The van der Waals surface area contributed by atoms with E-state index in [-0.39, 0.29) is 17.5 Å². The molecule has 3 amide bonds. The number of carbonyl (C=O) groups is 3. The van der Waals surface area contributed by atoms with Crippen LogP contribution in [0, 0.1) is 0 Å². The van der Waals surface area contributed by atoms with E-state index in [4.69, 9.17) is 4.74 Å². The van der Waals surface area contributed by atoms with Crippen molar-refractivity contribution in [3.63, 3.8) is 0 Å². The molecule has 1 unspecified atom stereocenters. The molecule has 8 heteroatoms. The van der Waals surface area contributed by atoms with Crippen molar-refractivity contribution in [1.29, 1.82) is 0 Å². The lowest BCUT2D eigenvalue weighted by Gasteiger charge is -2.24. The Bertz CT molecular complexity index is 804. The van der Waals surface area contributed by atoms with Crippen molar-refractivity contribution in [3.05, 3.63) is 23.8 Å². The van der Waals surface area contributed by atoms with Crippen LogP contribution in [0.2, 0.25) is 0 Å². The van der Waals surface area contributed by atoms with Crippen molar-refractivity contribution < 1.29 is 19.1 Å². The van der Waals surface area contributed by atoms with Gasteiger partial charge in [0, 0.05) is 11.6 Å². The summed E-state index contributed by atoms with van der Waals surface area (Å²) in [6.07, 6.45) is 1.36. The fraction of sp³-hybridized carbons (Fsp3) is 0.591. The highest BCUT2D eigenvalue weighted by Crippen LogP contribution is 2.33. The van der Waals surface area contributed by atoms with Crippen molar-refractivity contribution in [2.24, 2.45) is 0 Å². The Hall–Kier alpha value is -2.77. The molecule has 1 fully saturated rings. The second-order valence-corrected chi connectivity index (χ2v) is 9.71. The van der Waals surface area contributed by atoms with Crippen molar-refractivity contribution in [2.75, 3.05) is 10.6 Å². The summed E-state index contributed by atoms with van der Waals surface area (Å²) < 4.78 is 5.20. The summed E-state index contributed by atoms with van der Waals surface area (Å²) in [5, 5.41) is 11.6. The highest BCUT2D eigenvalue weighted by atomic mass is 16.6. The minimum atomic E-state index is -0.819. The molecule has 8 nitrogen and oxygen atoms in total. The van der Waals surface area contributed by atoms with Crippen LogP contribution in [0.4, 0.5) is 16.2 Å². The Kier molecular flexibility index (Phi) is 7.00. The van der Waals surface area contributed by atoms with Crippen LogP contribution >= 0.6 is 0 Å². The van der Waals surface area contributed by atoms with Crippen molar-refractivity contribution in [3.8, 4) is 0 Å². The molecule has 30 heavy (non-hydrogen) atoms. The maximum atomic E-state index is 12.8. The van der Waals surface area contributed by atoms with Crippen LogP contribution in [0.1, 0.15) is 71.7 Å². The van der Waals surface area contributed by atoms with Crippen LogP contribution in [-0.4, -0.2) is 41.1 Å². The van der Waals surface area contributed by atoms with Gasteiger partial charge in [0.2, 0.25) is 5.91 Å². The second kappa shape index (κ2) is 8.93. The van der Waals surface area contributed by atoms with Crippen molar-refractivity contribution >= 4 is 29.3 Å². The first-order chi connectivity index (χ1) is 13.7. The Morgan fingerprint density at radius 1 is 1.07 bits per heavy atom. The van der Waals surface area contributed by atoms with E-state index in [1.54, 1.807) is 45.9 Å². The molecule has 1 aromatic rings. The van der Waals surface area contributed by atoms with Crippen LogP contribution in [0.15, 0.2) is 18.2 Å². The maximum absolute atomic E-state index is 12.8. The fourth-order valence-corrected chi connectivity index (χ4v) is 2.63. The normalized spacial score (nSPS) is 15.0.